The van der Waals surface area contributed by atoms with Gasteiger partial charge >= 0.3 is 23.9 Å². The summed E-state index contributed by atoms with van der Waals surface area (Å²) in [6, 6.07) is 6.50. The minimum atomic E-state index is -6.89. The Morgan fingerprint density at radius 3 is 1.70 bits per heavy atom. The summed E-state index contributed by atoms with van der Waals surface area (Å²) in [4.78, 5) is 0. The lowest BCUT2D eigenvalue weighted by atomic mass is 9.95. The Labute approximate surface area is 125 Å². The first kappa shape index (κ1) is 19.6. The van der Waals surface area contributed by atoms with E-state index in [1.807, 2.05) is 0 Å². The number of benzene rings is 1. The third-order valence-corrected chi connectivity index (χ3v) is 3.11. The van der Waals surface area contributed by atoms with Crippen LogP contribution in [0, 0.1) is 0 Å². The molecule has 0 saturated heterocycles. The molecule has 0 aliphatic heterocycles. The van der Waals surface area contributed by atoms with E-state index in [0.717, 1.165) is 7.11 Å². The minimum absolute atomic E-state index is 0.0687. The van der Waals surface area contributed by atoms with Crippen molar-refractivity contribution < 1.29 is 44.3 Å². The van der Waals surface area contributed by atoms with Gasteiger partial charge < -0.3 is 4.74 Å². The maximum atomic E-state index is 13.5. The van der Waals surface area contributed by atoms with Gasteiger partial charge in [0.25, 0.3) is 0 Å². The molecular formula is C13H11F9O. The number of ether oxygens (including phenoxy) is 1. The van der Waals surface area contributed by atoms with Crippen LogP contribution < -0.4 is 0 Å². The van der Waals surface area contributed by atoms with Crippen molar-refractivity contribution in [1.29, 1.82) is 0 Å². The highest BCUT2D eigenvalue weighted by Crippen LogP contribution is 2.55. The molecule has 0 heterocycles. The lowest BCUT2D eigenvalue weighted by molar-refractivity contribution is -0.398. The summed E-state index contributed by atoms with van der Waals surface area (Å²) in [6.07, 6.45) is -10.7. The molecule has 1 atom stereocenters. The number of hydrogen-bond acceptors (Lipinski definition) is 1. The van der Waals surface area contributed by atoms with E-state index >= 15 is 0 Å². The molecule has 0 bridgehead atoms. The van der Waals surface area contributed by atoms with Gasteiger partial charge in [-0.2, -0.15) is 39.5 Å². The Kier molecular flexibility index (Phi) is 5.30. The molecule has 1 aromatic carbocycles. The maximum Gasteiger partial charge on any atom is 0.460 e. The van der Waals surface area contributed by atoms with Crippen molar-refractivity contribution in [2.75, 3.05) is 7.11 Å². The zero-order valence-electron chi connectivity index (χ0n) is 11.5. The zero-order chi connectivity index (χ0) is 18.1. The van der Waals surface area contributed by atoms with Gasteiger partial charge in [0.2, 0.25) is 0 Å². The molecule has 1 nitrogen and oxygen atoms in total. The highest BCUT2D eigenvalue weighted by molar-refractivity contribution is 5.18. The second-order valence-electron chi connectivity index (χ2n) is 4.69. The fourth-order valence-electron chi connectivity index (χ4n) is 1.77. The van der Waals surface area contributed by atoms with Gasteiger partial charge in [0.15, 0.2) is 0 Å². The molecule has 10 heteroatoms. The smallest absolute Gasteiger partial charge is 0.377 e. The zero-order valence-corrected chi connectivity index (χ0v) is 11.5. The van der Waals surface area contributed by atoms with Gasteiger partial charge in [0, 0.05) is 13.5 Å². The monoisotopic (exact) mass is 354 g/mol. The molecule has 0 radical (unpaired) electrons. The molecule has 0 saturated carbocycles. The fourth-order valence-corrected chi connectivity index (χ4v) is 1.77. The Balaban J connectivity index is 3.14. The van der Waals surface area contributed by atoms with E-state index in [1.165, 1.54) is 30.3 Å². The van der Waals surface area contributed by atoms with Crippen LogP contribution in [-0.2, 0) is 4.74 Å². The lowest BCUT2D eigenvalue weighted by Crippen LogP contribution is -2.61. The topological polar surface area (TPSA) is 9.23 Å². The van der Waals surface area contributed by atoms with E-state index in [1.54, 1.807) is 0 Å². The van der Waals surface area contributed by atoms with Crippen LogP contribution in [0.2, 0.25) is 0 Å². The highest BCUT2D eigenvalue weighted by atomic mass is 19.4. The molecule has 0 aliphatic rings. The predicted molar refractivity (Wildman–Crippen MR) is 61.7 cm³/mol. The van der Waals surface area contributed by atoms with Crippen molar-refractivity contribution in [3.8, 4) is 0 Å². The summed E-state index contributed by atoms with van der Waals surface area (Å²) in [7, 11) is 0.841. The Morgan fingerprint density at radius 1 is 0.826 bits per heavy atom. The van der Waals surface area contributed by atoms with Crippen molar-refractivity contribution >= 4 is 0 Å². The summed E-state index contributed by atoms with van der Waals surface area (Å²) in [5.41, 5.74) is -0.0687. The maximum absolute atomic E-state index is 13.5. The predicted octanol–water partition coefficient (Wildman–Crippen LogP) is 5.23. The molecule has 0 amide bonds. The van der Waals surface area contributed by atoms with E-state index in [9.17, 15) is 39.5 Å². The number of halogens is 9. The molecule has 1 aromatic rings. The van der Waals surface area contributed by atoms with Gasteiger partial charge in [-0.3, -0.25) is 0 Å². The minimum Gasteiger partial charge on any atom is -0.377 e. The van der Waals surface area contributed by atoms with Crippen molar-refractivity contribution in [2.24, 2.45) is 0 Å². The van der Waals surface area contributed by atoms with Crippen LogP contribution in [0.1, 0.15) is 18.1 Å². The standard InChI is InChI=1S/C13H11F9O/c1-23-9(8-5-3-2-4-6-8)7-10(14,15)11(16,17)12(18,19)13(20,21)22/h2-6,9H,7H2,1H3. The van der Waals surface area contributed by atoms with Gasteiger partial charge in [-0.15, -0.1) is 0 Å². The number of hydrogen-bond donors (Lipinski definition) is 0. The van der Waals surface area contributed by atoms with Crippen LogP contribution in [0.5, 0.6) is 0 Å². The molecule has 0 spiro atoms. The van der Waals surface area contributed by atoms with Gasteiger partial charge in [-0.1, -0.05) is 30.3 Å². The van der Waals surface area contributed by atoms with Crippen molar-refractivity contribution in [3.63, 3.8) is 0 Å². The first-order valence-corrected chi connectivity index (χ1v) is 6.06. The summed E-state index contributed by atoms with van der Waals surface area (Å²) in [5.74, 6) is -19.2. The highest BCUT2D eigenvalue weighted by Gasteiger charge is 2.81. The second kappa shape index (κ2) is 6.21. The van der Waals surface area contributed by atoms with Gasteiger partial charge in [-0.05, 0) is 5.56 Å². The largest absolute Gasteiger partial charge is 0.460 e. The Hall–Kier alpha value is -1.45. The first-order valence-electron chi connectivity index (χ1n) is 6.06. The Bertz CT molecular complexity index is 510. The fraction of sp³-hybridized carbons (Fsp3) is 0.538. The van der Waals surface area contributed by atoms with E-state index in [0.29, 0.717) is 0 Å². The van der Waals surface area contributed by atoms with Gasteiger partial charge in [0.1, 0.15) is 0 Å². The average molecular weight is 354 g/mol. The third kappa shape index (κ3) is 3.56. The molecule has 1 unspecified atom stereocenters. The number of rotatable bonds is 6. The van der Waals surface area contributed by atoms with Crippen molar-refractivity contribution in [2.45, 2.75) is 36.5 Å². The van der Waals surface area contributed by atoms with Crippen LogP contribution in [0.3, 0.4) is 0 Å². The third-order valence-electron chi connectivity index (χ3n) is 3.11. The van der Waals surface area contributed by atoms with Crippen LogP contribution in [0.25, 0.3) is 0 Å². The number of alkyl halides is 9. The molecule has 0 N–H and O–H groups in total. The average Bonchev–Trinajstić information content (AvgIpc) is 2.44. The van der Waals surface area contributed by atoms with Crippen molar-refractivity contribution in [1.82, 2.24) is 0 Å². The quantitative estimate of drug-likeness (QED) is 0.636. The van der Waals surface area contributed by atoms with E-state index in [4.69, 9.17) is 0 Å². The van der Waals surface area contributed by atoms with Crippen LogP contribution in [0.4, 0.5) is 39.5 Å². The number of methoxy groups -OCH3 is 1. The molecule has 132 valence electrons. The van der Waals surface area contributed by atoms with E-state index in [2.05, 4.69) is 4.74 Å². The summed E-state index contributed by atoms with van der Waals surface area (Å²) < 4.78 is 120. The van der Waals surface area contributed by atoms with Crippen molar-refractivity contribution in [3.05, 3.63) is 35.9 Å². The molecule has 0 aromatic heterocycles. The summed E-state index contributed by atoms with van der Waals surface area (Å²) >= 11 is 0. The second-order valence-corrected chi connectivity index (χ2v) is 4.69. The first-order chi connectivity index (χ1) is 10.3. The summed E-state index contributed by atoms with van der Waals surface area (Å²) in [5, 5.41) is 0. The van der Waals surface area contributed by atoms with Crippen LogP contribution in [0.15, 0.2) is 30.3 Å². The molecule has 0 fully saturated rings. The molecule has 23 heavy (non-hydrogen) atoms. The van der Waals surface area contributed by atoms with Crippen LogP contribution in [-0.4, -0.2) is 31.1 Å². The molecule has 1 rings (SSSR count). The molecular weight excluding hydrogens is 343 g/mol. The molecule has 0 aliphatic carbocycles. The Morgan fingerprint density at radius 2 is 1.30 bits per heavy atom. The van der Waals surface area contributed by atoms with Gasteiger partial charge in [-0.25, -0.2) is 0 Å². The SMILES string of the molecule is COC(CC(F)(F)C(F)(F)C(F)(F)C(F)(F)F)c1ccccc1. The van der Waals surface area contributed by atoms with Gasteiger partial charge in [0.05, 0.1) is 6.10 Å². The summed E-state index contributed by atoms with van der Waals surface area (Å²) in [6.45, 7) is 0. The lowest BCUT2D eigenvalue weighted by Gasteiger charge is -2.35. The van der Waals surface area contributed by atoms with E-state index in [-0.39, 0.29) is 5.56 Å². The van der Waals surface area contributed by atoms with E-state index < -0.39 is 36.5 Å². The van der Waals surface area contributed by atoms with Crippen LogP contribution >= 0.6 is 0 Å². The normalized spacial score (nSPS) is 15.6.